The van der Waals surface area contributed by atoms with E-state index in [1.807, 2.05) is 13.8 Å². The second-order valence-corrected chi connectivity index (χ2v) is 4.55. The second kappa shape index (κ2) is 9.88. The number of rotatable bonds is 9. The highest BCUT2D eigenvalue weighted by molar-refractivity contribution is 5.84. The largest absolute Gasteiger partial charge is 0.467 e. The molecule has 0 aromatic rings. The van der Waals surface area contributed by atoms with Crippen LogP contribution in [0, 0.1) is 5.92 Å². The van der Waals surface area contributed by atoms with Crippen LogP contribution in [0.4, 0.5) is 0 Å². The summed E-state index contributed by atoms with van der Waals surface area (Å²) < 4.78 is 4.71. The molecule has 0 spiro atoms. The molecule has 2 atom stereocenters. The number of ether oxygens (including phenoxy) is 1. The number of hydrogen-bond donors (Lipinski definition) is 2. The zero-order chi connectivity index (χ0) is 14.0. The molecule has 2 unspecified atom stereocenters. The van der Waals surface area contributed by atoms with Gasteiger partial charge in [-0.05, 0) is 25.3 Å². The molecule has 5 nitrogen and oxygen atoms in total. The molecule has 0 bridgehead atoms. The first-order valence-electron chi connectivity index (χ1n) is 6.64. The minimum Gasteiger partial charge on any atom is -0.467 e. The van der Waals surface area contributed by atoms with Gasteiger partial charge in [-0.3, -0.25) is 4.79 Å². The zero-order valence-electron chi connectivity index (χ0n) is 11.7. The van der Waals surface area contributed by atoms with Crippen molar-refractivity contribution in [3.05, 3.63) is 0 Å². The predicted molar refractivity (Wildman–Crippen MR) is 70.9 cm³/mol. The maximum absolute atomic E-state index is 11.7. The highest BCUT2D eigenvalue weighted by Crippen LogP contribution is 2.10. The van der Waals surface area contributed by atoms with Crippen LogP contribution in [-0.4, -0.2) is 31.6 Å². The van der Waals surface area contributed by atoms with E-state index in [0.717, 1.165) is 25.7 Å². The number of carbonyl (C=O) groups excluding carboxylic acids is 2. The second-order valence-electron chi connectivity index (χ2n) is 4.55. The molecule has 0 rings (SSSR count). The molecule has 5 heteroatoms. The Labute approximate surface area is 109 Å². The molecule has 0 aromatic carbocycles. The van der Waals surface area contributed by atoms with Gasteiger partial charge in [-0.2, -0.15) is 0 Å². The number of unbranched alkanes of at least 4 members (excludes halogenated alkanes) is 2. The van der Waals surface area contributed by atoms with Crippen molar-refractivity contribution in [1.29, 1.82) is 0 Å². The molecule has 0 aromatic heterocycles. The third kappa shape index (κ3) is 6.59. The van der Waals surface area contributed by atoms with E-state index >= 15 is 0 Å². The molecule has 1 amide bonds. The molecular weight excluding hydrogens is 232 g/mol. The maximum atomic E-state index is 11.7. The van der Waals surface area contributed by atoms with Crippen molar-refractivity contribution >= 4 is 11.9 Å². The van der Waals surface area contributed by atoms with E-state index in [9.17, 15) is 9.59 Å². The number of amides is 1. The average Bonchev–Trinajstić information content (AvgIpc) is 2.39. The minimum atomic E-state index is -0.540. The van der Waals surface area contributed by atoms with Crippen LogP contribution in [-0.2, 0) is 14.3 Å². The van der Waals surface area contributed by atoms with E-state index in [1.165, 1.54) is 7.11 Å². The molecule has 18 heavy (non-hydrogen) atoms. The van der Waals surface area contributed by atoms with E-state index in [1.54, 1.807) is 0 Å². The Bertz CT molecular complexity index is 257. The summed E-state index contributed by atoms with van der Waals surface area (Å²) in [6.07, 6.45) is 3.92. The summed E-state index contributed by atoms with van der Waals surface area (Å²) in [5.74, 6) is -0.396. The van der Waals surface area contributed by atoms with E-state index in [-0.39, 0.29) is 17.8 Å². The molecule has 0 aliphatic heterocycles. The predicted octanol–water partition coefficient (Wildman–Crippen LogP) is 1.21. The van der Waals surface area contributed by atoms with Gasteiger partial charge in [-0.25, -0.2) is 4.79 Å². The molecule has 0 aliphatic rings. The van der Waals surface area contributed by atoms with E-state index in [4.69, 9.17) is 10.5 Å². The Morgan fingerprint density at radius 3 is 2.44 bits per heavy atom. The lowest BCUT2D eigenvalue weighted by Crippen LogP contribution is -2.45. The standard InChI is InChI=1S/C13H26N2O3/c1-4-10(2)12(13(17)18-3)15-11(16)8-6-5-7-9-14/h10,12H,4-9,14H2,1-3H3,(H,15,16). The van der Waals surface area contributed by atoms with Crippen LogP contribution in [0.5, 0.6) is 0 Å². The highest BCUT2D eigenvalue weighted by atomic mass is 16.5. The van der Waals surface area contributed by atoms with Crippen LogP contribution in [0.25, 0.3) is 0 Å². The van der Waals surface area contributed by atoms with Gasteiger partial charge >= 0.3 is 5.97 Å². The summed E-state index contributed by atoms with van der Waals surface area (Å²) in [7, 11) is 1.34. The van der Waals surface area contributed by atoms with Gasteiger partial charge in [0.25, 0.3) is 0 Å². The van der Waals surface area contributed by atoms with E-state index < -0.39 is 6.04 Å². The summed E-state index contributed by atoms with van der Waals surface area (Å²) in [6, 6.07) is -0.540. The summed E-state index contributed by atoms with van der Waals surface area (Å²) >= 11 is 0. The van der Waals surface area contributed by atoms with Crippen molar-refractivity contribution in [3.8, 4) is 0 Å². The van der Waals surface area contributed by atoms with Gasteiger partial charge < -0.3 is 15.8 Å². The Morgan fingerprint density at radius 2 is 1.94 bits per heavy atom. The van der Waals surface area contributed by atoms with Gasteiger partial charge in [0, 0.05) is 6.42 Å². The van der Waals surface area contributed by atoms with Gasteiger partial charge in [0.2, 0.25) is 5.91 Å². The van der Waals surface area contributed by atoms with Crippen LogP contribution in [0.15, 0.2) is 0 Å². The van der Waals surface area contributed by atoms with Crippen LogP contribution in [0.1, 0.15) is 46.0 Å². The molecule has 0 aliphatic carbocycles. The highest BCUT2D eigenvalue weighted by Gasteiger charge is 2.26. The normalized spacial score (nSPS) is 13.8. The monoisotopic (exact) mass is 258 g/mol. The molecule has 106 valence electrons. The summed E-state index contributed by atoms with van der Waals surface area (Å²) in [4.78, 5) is 23.3. The smallest absolute Gasteiger partial charge is 0.328 e. The van der Waals surface area contributed by atoms with Gasteiger partial charge in [0.15, 0.2) is 0 Å². The molecule has 0 saturated carbocycles. The molecule has 0 heterocycles. The number of nitrogens with two attached hydrogens (primary N) is 1. The van der Waals surface area contributed by atoms with Crippen molar-refractivity contribution in [3.63, 3.8) is 0 Å². The summed E-state index contributed by atoms with van der Waals surface area (Å²) in [5.41, 5.74) is 5.38. The van der Waals surface area contributed by atoms with Crippen LogP contribution < -0.4 is 11.1 Å². The van der Waals surface area contributed by atoms with Crippen LogP contribution in [0.3, 0.4) is 0 Å². The Balaban J connectivity index is 4.15. The quantitative estimate of drug-likeness (QED) is 0.481. The van der Waals surface area contributed by atoms with Crippen molar-refractivity contribution in [2.45, 2.75) is 52.0 Å². The number of methoxy groups -OCH3 is 1. The summed E-state index contributed by atoms with van der Waals surface area (Å²) in [6.45, 7) is 4.56. The molecule has 0 radical (unpaired) electrons. The fraction of sp³-hybridized carbons (Fsp3) is 0.846. The first-order valence-corrected chi connectivity index (χ1v) is 6.64. The molecule has 0 saturated heterocycles. The fourth-order valence-corrected chi connectivity index (χ4v) is 1.65. The lowest BCUT2D eigenvalue weighted by atomic mass is 9.99. The van der Waals surface area contributed by atoms with Crippen molar-refractivity contribution in [2.24, 2.45) is 11.7 Å². The Morgan fingerprint density at radius 1 is 1.28 bits per heavy atom. The first kappa shape index (κ1) is 16.9. The topological polar surface area (TPSA) is 81.4 Å². The van der Waals surface area contributed by atoms with Crippen LogP contribution in [0.2, 0.25) is 0 Å². The lowest BCUT2D eigenvalue weighted by molar-refractivity contribution is -0.146. The Kier molecular flexibility index (Phi) is 9.28. The fourth-order valence-electron chi connectivity index (χ4n) is 1.65. The molecule has 0 fully saturated rings. The van der Waals surface area contributed by atoms with Crippen LogP contribution >= 0.6 is 0 Å². The Hall–Kier alpha value is -1.10. The summed E-state index contributed by atoms with van der Waals surface area (Å²) in [5, 5.41) is 2.75. The van der Waals surface area contributed by atoms with Gasteiger partial charge in [-0.1, -0.05) is 26.7 Å². The minimum absolute atomic E-state index is 0.0745. The first-order chi connectivity index (χ1) is 8.56. The average molecular weight is 258 g/mol. The third-order valence-corrected chi connectivity index (χ3v) is 3.09. The van der Waals surface area contributed by atoms with Gasteiger partial charge in [0.1, 0.15) is 6.04 Å². The third-order valence-electron chi connectivity index (χ3n) is 3.09. The molecule has 3 N–H and O–H groups in total. The number of esters is 1. The lowest BCUT2D eigenvalue weighted by Gasteiger charge is -2.21. The SMILES string of the molecule is CCC(C)C(NC(=O)CCCCCN)C(=O)OC. The molecular formula is C13H26N2O3. The number of carbonyl (C=O) groups is 2. The van der Waals surface area contributed by atoms with Crippen molar-refractivity contribution in [2.75, 3.05) is 13.7 Å². The number of hydrogen-bond acceptors (Lipinski definition) is 4. The van der Waals surface area contributed by atoms with Crippen molar-refractivity contribution < 1.29 is 14.3 Å². The van der Waals surface area contributed by atoms with Gasteiger partial charge in [0.05, 0.1) is 7.11 Å². The van der Waals surface area contributed by atoms with E-state index in [0.29, 0.717) is 13.0 Å². The number of nitrogens with one attached hydrogen (secondary N) is 1. The van der Waals surface area contributed by atoms with Crippen molar-refractivity contribution in [1.82, 2.24) is 5.32 Å². The van der Waals surface area contributed by atoms with Gasteiger partial charge in [-0.15, -0.1) is 0 Å². The van der Waals surface area contributed by atoms with E-state index in [2.05, 4.69) is 5.32 Å². The zero-order valence-corrected chi connectivity index (χ0v) is 11.7. The maximum Gasteiger partial charge on any atom is 0.328 e.